The molecular formula is C12H24N2O4. The van der Waals surface area contributed by atoms with Crippen molar-refractivity contribution in [2.24, 2.45) is 5.92 Å². The Morgan fingerprint density at radius 1 is 1.28 bits per heavy atom. The number of nitrogens with zero attached hydrogens (tertiary/aromatic N) is 1. The Labute approximate surface area is 109 Å². The van der Waals surface area contributed by atoms with E-state index in [2.05, 4.69) is 10.1 Å². The van der Waals surface area contributed by atoms with E-state index in [-0.39, 0.29) is 30.4 Å². The van der Waals surface area contributed by atoms with Gasteiger partial charge in [0.05, 0.1) is 26.2 Å². The average Bonchev–Trinajstić information content (AvgIpc) is 2.27. The molecule has 0 saturated heterocycles. The summed E-state index contributed by atoms with van der Waals surface area (Å²) in [6.07, 6.45) is 0. The highest BCUT2D eigenvalue weighted by Gasteiger charge is 2.17. The Morgan fingerprint density at radius 3 is 2.39 bits per heavy atom. The smallest absolute Gasteiger partial charge is 0.309 e. The first kappa shape index (κ1) is 16.9. The third kappa shape index (κ3) is 7.24. The van der Waals surface area contributed by atoms with Crippen molar-refractivity contribution in [1.29, 1.82) is 0 Å². The molecule has 6 nitrogen and oxygen atoms in total. The molecule has 1 amide bonds. The van der Waals surface area contributed by atoms with E-state index in [9.17, 15) is 9.59 Å². The topological polar surface area (TPSA) is 67.9 Å². The second kappa shape index (κ2) is 8.88. The van der Waals surface area contributed by atoms with Crippen LogP contribution in [0.4, 0.5) is 0 Å². The third-order valence-corrected chi connectivity index (χ3v) is 2.43. The predicted molar refractivity (Wildman–Crippen MR) is 68.2 cm³/mol. The monoisotopic (exact) mass is 260 g/mol. The number of hydrogen-bond donors (Lipinski definition) is 1. The predicted octanol–water partition coefficient (Wildman–Crippen LogP) is -0.122. The van der Waals surface area contributed by atoms with E-state index in [0.29, 0.717) is 13.2 Å². The Hall–Kier alpha value is -1.14. The first-order valence-electron chi connectivity index (χ1n) is 5.95. The lowest BCUT2D eigenvalue weighted by Gasteiger charge is -2.20. The van der Waals surface area contributed by atoms with Crippen LogP contribution in [0.25, 0.3) is 0 Å². The van der Waals surface area contributed by atoms with Crippen molar-refractivity contribution in [2.45, 2.75) is 19.9 Å². The molecule has 18 heavy (non-hydrogen) atoms. The maximum absolute atomic E-state index is 11.6. The number of esters is 1. The van der Waals surface area contributed by atoms with Crippen molar-refractivity contribution in [3.8, 4) is 0 Å². The zero-order chi connectivity index (χ0) is 14.1. The second-order valence-electron chi connectivity index (χ2n) is 4.54. The van der Waals surface area contributed by atoms with Crippen molar-refractivity contribution in [3.05, 3.63) is 0 Å². The summed E-state index contributed by atoms with van der Waals surface area (Å²) in [6.45, 7) is 4.86. The zero-order valence-electron chi connectivity index (χ0n) is 11.9. The van der Waals surface area contributed by atoms with E-state index in [1.165, 1.54) is 7.11 Å². The van der Waals surface area contributed by atoms with E-state index >= 15 is 0 Å². The number of rotatable bonds is 8. The number of likely N-dealkylation sites (N-methyl/N-ethyl adjacent to an activating group) is 1. The Kier molecular flexibility index (Phi) is 8.32. The van der Waals surface area contributed by atoms with Crippen LogP contribution in [0, 0.1) is 5.92 Å². The van der Waals surface area contributed by atoms with E-state index in [1.807, 2.05) is 6.92 Å². The Morgan fingerprint density at radius 2 is 1.89 bits per heavy atom. The highest BCUT2D eigenvalue weighted by molar-refractivity contribution is 5.78. The number of ether oxygens (including phenoxy) is 2. The summed E-state index contributed by atoms with van der Waals surface area (Å²) >= 11 is 0. The molecule has 1 N–H and O–H groups in total. The molecule has 0 aliphatic carbocycles. The van der Waals surface area contributed by atoms with Gasteiger partial charge >= 0.3 is 5.97 Å². The van der Waals surface area contributed by atoms with Crippen LogP contribution in [0.5, 0.6) is 0 Å². The van der Waals surface area contributed by atoms with Gasteiger partial charge in [0.1, 0.15) is 0 Å². The molecule has 106 valence electrons. The van der Waals surface area contributed by atoms with Crippen LogP contribution in [-0.2, 0) is 19.1 Å². The summed E-state index contributed by atoms with van der Waals surface area (Å²) in [6, 6.07) is -0.0195. The molecule has 0 heterocycles. The average molecular weight is 260 g/mol. The maximum Gasteiger partial charge on any atom is 0.309 e. The minimum absolute atomic E-state index is 0.0195. The maximum atomic E-state index is 11.6. The van der Waals surface area contributed by atoms with Crippen molar-refractivity contribution >= 4 is 11.9 Å². The first-order valence-corrected chi connectivity index (χ1v) is 5.95. The molecule has 0 bridgehead atoms. The number of carbonyl (C=O) groups excluding carboxylic acids is 2. The summed E-state index contributed by atoms with van der Waals surface area (Å²) in [7, 11) is 4.74. The van der Waals surface area contributed by atoms with Gasteiger partial charge in [-0.1, -0.05) is 6.92 Å². The second-order valence-corrected chi connectivity index (χ2v) is 4.54. The van der Waals surface area contributed by atoms with Gasteiger partial charge in [0.25, 0.3) is 0 Å². The van der Waals surface area contributed by atoms with Gasteiger partial charge in [0.15, 0.2) is 0 Å². The molecule has 0 aromatic heterocycles. The fourth-order valence-electron chi connectivity index (χ4n) is 1.67. The summed E-state index contributed by atoms with van der Waals surface area (Å²) in [4.78, 5) is 24.7. The number of carbonyl (C=O) groups is 2. The molecule has 0 radical (unpaired) electrons. The highest BCUT2D eigenvalue weighted by atomic mass is 16.5. The quantitative estimate of drug-likeness (QED) is 0.616. The van der Waals surface area contributed by atoms with Gasteiger partial charge < -0.3 is 14.8 Å². The van der Waals surface area contributed by atoms with Crippen molar-refractivity contribution in [2.75, 3.05) is 41.0 Å². The van der Waals surface area contributed by atoms with Crippen LogP contribution in [0.3, 0.4) is 0 Å². The van der Waals surface area contributed by atoms with Gasteiger partial charge in [0.2, 0.25) is 5.91 Å². The van der Waals surface area contributed by atoms with Gasteiger partial charge in [-0.25, -0.2) is 0 Å². The fraction of sp³-hybridized carbons (Fsp3) is 0.833. The molecule has 0 saturated carbocycles. The van der Waals surface area contributed by atoms with E-state index in [4.69, 9.17) is 4.74 Å². The van der Waals surface area contributed by atoms with Crippen molar-refractivity contribution in [3.63, 3.8) is 0 Å². The third-order valence-electron chi connectivity index (χ3n) is 2.43. The lowest BCUT2D eigenvalue weighted by Crippen LogP contribution is -2.43. The van der Waals surface area contributed by atoms with Crippen LogP contribution in [0.15, 0.2) is 0 Å². The molecule has 0 aromatic rings. The number of hydrogen-bond acceptors (Lipinski definition) is 5. The molecule has 0 aliphatic rings. The van der Waals surface area contributed by atoms with Gasteiger partial charge in [-0.05, 0) is 14.0 Å². The van der Waals surface area contributed by atoms with Gasteiger partial charge in [0, 0.05) is 19.7 Å². The largest absolute Gasteiger partial charge is 0.469 e. The molecule has 0 rings (SSSR count). The minimum atomic E-state index is -0.269. The minimum Gasteiger partial charge on any atom is -0.469 e. The Bertz CT molecular complexity index is 271. The summed E-state index contributed by atoms with van der Waals surface area (Å²) in [5.41, 5.74) is 0. The van der Waals surface area contributed by atoms with Crippen LogP contribution < -0.4 is 5.32 Å². The van der Waals surface area contributed by atoms with E-state index in [1.54, 1.807) is 26.0 Å². The fourth-order valence-corrected chi connectivity index (χ4v) is 1.67. The summed E-state index contributed by atoms with van der Waals surface area (Å²) < 4.78 is 9.56. The number of nitrogens with one attached hydrogen (secondary N) is 1. The van der Waals surface area contributed by atoms with Crippen molar-refractivity contribution < 1.29 is 19.1 Å². The van der Waals surface area contributed by atoms with E-state index in [0.717, 1.165) is 0 Å². The Balaban J connectivity index is 3.97. The number of amides is 1. The molecule has 0 fully saturated rings. The highest BCUT2D eigenvalue weighted by Crippen LogP contribution is 2.00. The molecule has 0 aliphatic heterocycles. The normalized spacial score (nSPS) is 14.1. The zero-order valence-corrected chi connectivity index (χ0v) is 11.9. The lowest BCUT2D eigenvalue weighted by atomic mass is 10.2. The van der Waals surface area contributed by atoms with Crippen LogP contribution in [-0.4, -0.2) is 63.8 Å². The van der Waals surface area contributed by atoms with Crippen LogP contribution in [0.2, 0.25) is 0 Å². The van der Waals surface area contributed by atoms with Crippen LogP contribution in [0.1, 0.15) is 13.8 Å². The first-order chi connectivity index (χ1) is 8.40. The van der Waals surface area contributed by atoms with Gasteiger partial charge in [-0.15, -0.1) is 0 Å². The standard InChI is InChI=1S/C12H24N2O4/c1-9(12(16)18-5)6-14(3)7-11(15)13-10(2)8-17-4/h9-10H,6-8H2,1-5H3,(H,13,15). The molecule has 6 heteroatoms. The molecule has 2 atom stereocenters. The van der Waals surface area contributed by atoms with Crippen LogP contribution >= 0.6 is 0 Å². The molecular weight excluding hydrogens is 236 g/mol. The summed E-state index contributed by atoms with van der Waals surface area (Å²) in [5, 5.41) is 2.81. The SMILES string of the molecule is COCC(C)NC(=O)CN(C)CC(C)C(=O)OC. The molecule has 0 aromatic carbocycles. The number of methoxy groups -OCH3 is 2. The van der Waals surface area contributed by atoms with Gasteiger partial charge in [-0.2, -0.15) is 0 Å². The summed E-state index contributed by atoms with van der Waals surface area (Å²) in [5.74, 6) is -0.599. The van der Waals surface area contributed by atoms with Gasteiger partial charge in [-0.3, -0.25) is 14.5 Å². The van der Waals surface area contributed by atoms with E-state index < -0.39 is 0 Å². The molecule has 0 spiro atoms. The molecule has 2 unspecified atom stereocenters. The lowest BCUT2D eigenvalue weighted by molar-refractivity contribution is -0.145. The van der Waals surface area contributed by atoms with Crippen molar-refractivity contribution in [1.82, 2.24) is 10.2 Å².